The Balaban J connectivity index is 2.42. The maximum Gasteiger partial charge on any atom is 0.0917 e. The molecule has 0 saturated heterocycles. The van der Waals surface area contributed by atoms with Gasteiger partial charge in [0.05, 0.1) is 6.10 Å². The van der Waals surface area contributed by atoms with Crippen molar-refractivity contribution in [2.24, 2.45) is 0 Å². The molecule has 64 valence electrons. The van der Waals surface area contributed by atoms with Gasteiger partial charge in [0.2, 0.25) is 0 Å². The fourth-order valence-electron chi connectivity index (χ4n) is 1.70. The fraction of sp³-hybridized carbons (Fsp3) is 0.400. The number of halogens is 1. The first-order chi connectivity index (χ1) is 5.79. The standard InChI is InChI=1S/C10H11BrO/c11-9-6-5-7-3-1-2-4-8(7)10(9)12/h1-4,9-10,12H,5-6H2. The molecular weight excluding hydrogens is 216 g/mol. The average Bonchev–Trinajstić information content (AvgIpc) is 2.12. The molecule has 0 aliphatic heterocycles. The van der Waals surface area contributed by atoms with Crippen molar-refractivity contribution in [2.45, 2.75) is 23.8 Å². The number of benzene rings is 1. The van der Waals surface area contributed by atoms with Crippen molar-refractivity contribution in [3.05, 3.63) is 35.4 Å². The highest BCUT2D eigenvalue weighted by atomic mass is 79.9. The van der Waals surface area contributed by atoms with Crippen LogP contribution in [0.3, 0.4) is 0 Å². The summed E-state index contributed by atoms with van der Waals surface area (Å²) in [6.45, 7) is 0. The van der Waals surface area contributed by atoms with Crippen LogP contribution in [0.1, 0.15) is 23.7 Å². The molecule has 1 aliphatic carbocycles. The van der Waals surface area contributed by atoms with Gasteiger partial charge in [0.25, 0.3) is 0 Å². The summed E-state index contributed by atoms with van der Waals surface area (Å²) < 4.78 is 0. The summed E-state index contributed by atoms with van der Waals surface area (Å²) in [5.41, 5.74) is 2.38. The largest absolute Gasteiger partial charge is 0.387 e. The third-order valence-electron chi connectivity index (χ3n) is 2.41. The summed E-state index contributed by atoms with van der Waals surface area (Å²) >= 11 is 3.47. The summed E-state index contributed by atoms with van der Waals surface area (Å²) in [6.07, 6.45) is 1.77. The summed E-state index contributed by atoms with van der Waals surface area (Å²) in [4.78, 5) is 0.229. The minimum atomic E-state index is -0.324. The van der Waals surface area contributed by atoms with E-state index in [1.54, 1.807) is 0 Å². The Labute approximate surface area is 80.5 Å². The van der Waals surface area contributed by atoms with Gasteiger partial charge >= 0.3 is 0 Å². The van der Waals surface area contributed by atoms with Crippen LogP contribution in [0.2, 0.25) is 0 Å². The number of aliphatic hydroxyl groups is 1. The van der Waals surface area contributed by atoms with Crippen LogP contribution < -0.4 is 0 Å². The number of aryl methyl sites for hydroxylation is 1. The van der Waals surface area contributed by atoms with E-state index in [2.05, 4.69) is 22.0 Å². The molecule has 1 aromatic rings. The van der Waals surface area contributed by atoms with Crippen molar-refractivity contribution in [2.75, 3.05) is 0 Å². The highest BCUT2D eigenvalue weighted by molar-refractivity contribution is 9.09. The second-order valence-electron chi connectivity index (χ2n) is 3.20. The lowest BCUT2D eigenvalue weighted by Gasteiger charge is -2.25. The Kier molecular flexibility index (Phi) is 2.20. The molecule has 1 aromatic carbocycles. The summed E-state index contributed by atoms with van der Waals surface area (Å²) in [5.74, 6) is 0. The van der Waals surface area contributed by atoms with E-state index >= 15 is 0 Å². The number of hydrogen-bond donors (Lipinski definition) is 1. The van der Waals surface area contributed by atoms with Gasteiger partial charge in [0.1, 0.15) is 0 Å². The number of rotatable bonds is 0. The first kappa shape index (κ1) is 8.27. The van der Waals surface area contributed by atoms with Gasteiger partial charge < -0.3 is 5.11 Å². The maximum absolute atomic E-state index is 9.78. The maximum atomic E-state index is 9.78. The Morgan fingerprint density at radius 3 is 2.92 bits per heavy atom. The molecule has 0 spiro atoms. The molecule has 1 aliphatic rings. The molecule has 2 heteroatoms. The molecule has 0 fully saturated rings. The minimum Gasteiger partial charge on any atom is -0.387 e. The van der Waals surface area contributed by atoms with E-state index in [9.17, 15) is 5.11 Å². The monoisotopic (exact) mass is 226 g/mol. The number of aliphatic hydroxyl groups excluding tert-OH is 1. The first-order valence-corrected chi connectivity index (χ1v) is 5.10. The Morgan fingerprint density at radius 1 is 1.33 bits per heavy atom. The van der Waals surface area contributed by atoms with E-state index in [1.807, 2.05) is 18.2 Å². The van der Waals surface area contributed by atoms with Gasteiger partial charge in [-0.1, -0.05) is 40.2 Å². The Morgan fingerprint density at radius 2 is 2.08 bits per heavy atom. The molecule has 1 nitrogen and oxygen atoms in total. The highest BCUT2D eigenvalue weighted by Gasteiger charge is 2.24. The highest BCUT2D eigenvalue weighted by Crippen LogP contribution is 2.33. The van der Waals surface area contributed by atoms with Crippen molar-refractivity contribution in [1.82, 2.24) is 0 Å². The zero-order valence-electron chi connectivity index (χ0n) is 6.70. The first-order valence-electron chi connectivity index (χ1n) is 4.19. The lowest BCUT2D eigenvalue weighted by molar-refractivity contribution is 0.165. The van der Waals surface area contributed by atoms with Crippen LogP contribution in [-0.4, -0.2) is 9.93 Å². The number of hydrogen-bond acceptors (Lipinski definition) is 1. The molecule has 0 amide bonds. The molecule has 2 unspecified atom stereocenters. The van der Waals surface area contributed by atoms with Crippen molar-refractivity contribution >= 4 is 15.9 Å². The van der Waals surface area contributed by atoms with Gasteiger partial charge in [-0.25, -0.2) is 0 Å². The van der Waals surface area contributed by atoms with Gasteiger partial charge in [-0.15, -0.1) is 0 Å². The SMILES string of the molecule is OC1c2ccccc2CCC1Br. The van der Waals surface area contributed by atoms with E-state index in [1.165, 1.54) is 5.56 Å². The van der Waals surface area contributed by atoms with Crippen LogP contribution in [0.25, 0.3) is 0 Å². The minimum absolute atomic E-state index is 0.229. The zero-order valence-corrected chi connectivity index (χ0v) is 8.29. The van der Waals surface area contributed by atoms with E-state index < -0.39 is 0 Å². The Bertz CT molecular complexity index is 285. The summed E-state index contributed by atoms with van der Waals surface area (Å²) in [6, 6.07) is 8.11. The predicted octanol–water partition coefficient (Wildman–Crippen LogP) is 2.43. The molecule has 0 saturated carbocycles. The average molecular weight is 227 g/mol. The van der Waals surface area contributed by atoms with Gasteiger partial charge in [-0.05, 0) is 24.0 Å². The van der Waals surface area contributed by atoms with Crippen molar-refractivity contribution in [1.29, 1.82) is 0 Å². The molecule has 2 atom stereocenters. The molecule has 0 heterocycles. The number of fused-ring (bicyclic) bond motifs is 1. The summed E-state index contributed by atoms with van der Waals surface area (Å²) in [7, 11) is 0. The van der Waals surface area contributed by atoms with Gasteiger partial charge in [-0.3, -0.25) is 0 Å². The van der Waals surface area contributed by atoms with Crippen molar-refractivity contribution in [3.63, 3.8) is 0 Å². The molecule has 0 radical (unpaired) electrons. The van der Waals surface area contributed by atoms with E-state index in [-0.39, 0.29) is 10.9 Å². The molecule has 12 heavy (non-hydrogen) atoms. The molecular formula is C10H11BrO. The van der Waals surface area contributed by atoms with E-state index in [0.717, 1.165) is 18.4 Å². The summed E-state index contributed by atoms with van der Waals surface area (Å²) in [5, 5.41) is 9.78. The van der Waals surface area contributed by atoms with Crippen LogP contribution in [-0.2, 0) is 6.42 Å². The van der Waals surface area contributed by atoms with Crippen molar-refractivity contribution in [3.8, 4) is 0 Å². The lowest BCUT2D eigenvalue weighted by atomic mass is 9.89. The lowest BCUT2D eigenvalue weighted by Crippen LogP contribution is -2.19. The number of alkyl halides is 1. The van der Waals surface area contributed by atoms with Crippen LogP contribution in [0.5, 0.6) is 0 Å². The van der Waals surface area contributed by atoms with Crippen LogP contribution in [0.4, 0.5) is 0 Å². The van der Waals surface area contributed by atoms with Gasteiger partial charge in [0.15, 0.2) is 0 Å². The second-order valence-corrected chi connectivity index (χ2v) is 4.37. The molecule has 0 aromatic heterocycles. The predicted molar refractivity (Wildman–Crippen MR) is 52.4 cm³/mol. The smallest absolute Gasteiger partial charge is 0.0917 e. The third-order valence-corrected chi connectivity index (χ3v) is 3.36. The molecule has 2 rings (SSSR count). The zero-order chi connectivity index (χ0) is 8.55. The van der Waals surface area contributed by atoms with Crippen LogP contribution in [0, 0.1) is 0 Å². The van der Waals surface area contributed by atoms with E-state index in [4.69, 9.17) is 0 Å². The van der Waals surface area contributed by atoms with Gasteiger partial charge in [0, 0.05) is 4.83 Å². The normalized spacial score (nSPS) is 28.2. The topological polar surface area (TPSA) is 20.2 Å². The quantitative estimate of drug-likeness (QED) is 0.675. The second kappa shape index (κ2) is 3.19. The molecule has 0 bridgehead atoms. The third kappa shape index (κ3) is 1.29. The fourth-order valence-corrected chi connectivity index (χ4v) is 2.21. The molecule has 1 N–H and O–H groups in total. The van der Waals surface area contributed by atoms with Crippen molar-refractivity contribution < 1.29 is 5.11 Å². The Hall–Kier alpha value is -0.340. The van der Waals surface area contributed by atoms with Crippen LogP contribution in [0.15, 0.2) is 24.3 Å². The van der Waals surface area contributed by atoms with E-state index in [0.29, 0.717) is 0 Å². The van der Waals surface area contributed by atoms with Gasteiger partial charge in [-0.2, -0.15) is 0 Å². The van der Waals surface area contributed by atoms with Crippen LogP contribution >= 0.6 is 15.9 Å².